The zero-order valence-corrected chi connectivity index (χ0v) is 7.86. The van der Waals surface area contributed by atoms with E-state index in [0.717, 1.165) is 12.8 Å². The largest absolute Gasteiger partial charge is 0.299 e. The number of benzene rings is 1. The van der Waals surface area contributed by atoms with Gasteiger partial charge in [-0.1, -0.05) is 37.3 Å². The standard InChI is InChI=1S/C12H14O/c1-9-7-8-11(13)12(9)10-5-3-2-4-6-10/h2-6,9,12H,7-8H2,1H3/t9-,12+/m1/s1. The third-order valence-electron chi connectivity index (χ3n) is 2.92. The van der Waals surface area contributed by atoms with Crippen molar-refractivity contribution >= 4 is 5.78 Å². The molecule has 0 amide bonds. The summed E-state index contributed by atoms with van der Waals surface area (Å²) in [6.45, 7) is 2.17. The van der Waals surface area contributed by atoms with Gasteiger partial charge in [0.2, 0.25) is 0 Å². The third-order valence-corrected chi connectivity index (χ3v) is 2.92. The molecular formula is C12H14O. The molecule has 0 aliphatic heterocycles. The van der Waals surface area contributed by atoms with E-state index in [2.05, 4.69) is 19.1 Å². The van der Waals surface area contributed by atoms with E-state index in [4.69, 9.17) is 0 Å². The second kappa shape index (κ2) is 3.33. The fraction of sp³-hybridized carbons (Fsp3) is 0.417. The number of hydrogen-bond donors (Lipinski definition) is 0. The van der Waals surface area contributed by atoms with Crippen LogP contribution in [0.4, 0.5) is 0 Å². The Morgan fingerprint density at radius 2 is 1.92 bits per heavy atom. The molecule has 1 nitrogen and oxygen atoms in total. The zero-order valence-electron chi connectivity index (χ0n) is 7.86. The summed E-state index contributed by atoms with van der Waals surface area (Å²) in [6.07, 6.45) is 1.82. The normalized spacial score (nSPS) is 27.9. The van der Waals surface area contributed by atoms with Gasteiger partial charge in [-0.05, 0) is 17.9 Å². The van der Waals surface area contributed by atoms with Crippen LogP contribution in [0.15, 0.2) is 30.3 Å². The van der Waals surface area contributed by atoms with E-state index in [-0.39, 0.29) is 5.92 Å². The van der Waals surface area contributed by atoms with Crippen LogP contribution < -0.4 is 0 Å². The fourth-order valence-electron chi connectivity index (χ4n) is 2.18. The SMILES string of the molecule is C[C@@H]1CCC(=O)[C@@H]1c1ccccc1. The molecule has 0 spiro atoms. The van der Waals surface area contributed by atoms with E-state index in [1.165, 1.54) is 5.56 Å². The molecule has 1 heteroatoms. The van der Waals surface area contributed by atoms with E-state index < -0.39 is 0 Å². The molecule has 1 aromatic carbocycles. The van der Waals surface area contributed by atoms with Gasteiger partial charge in [-0.15, -0.1) is 0 Å². The minimum atomic E-state index is 0.168. The van der Waals surface area contributed by atoms with Crippen molar-refractivity contribution < 1.29 is 4.79 Å². The third kappa shape index (κ3) is 1.51. The molecule has 68 valence electrons. The van der Waals surface area contributed by atoms with Gasteiger partial charge in [0.05, 0.1) is 0 Å². The summed E-state index contributed by atoms with van der Waals surface area (Å²) in [4.78, 5) is 11.6. The van der Waals surface area contributed by atoms with Crippen molar-refractivity contribution in [2.75, 3.05) is 0 Å². The first kappa shape index (κ1) is 8.49. The number of carbonyl (C=O) groups is 1. The lowest BCUT2D eigenvalue weighted by molar-refractivity contribution is -0.118. The average Bonchev–Trinajstić information content (AvgIpc) is 2.48. The molecule has 1 aromatic rings. The van der Waals surface area contributed by atoms with Crippen LogP contribution in [0.5, 0.6) is 0 Å². The molecule has 1 saturated carbocycles. The summed E-state index contributed by atoms with van der Waals surface area (Å²) in [5, 5.41) is 0. The summed E-state index contributed by atoms with van der Waals surface area (Å²) in [5.74, 6) is 1.11. The highest BCUT2D eigenvalue weighted by molar-refractivity contribution is 5.88. The Hall–Kier alpha value is -1.11. The molecule has 0 bridgehead atoms. The zero-order chi connectivity index (χ0) is 9.26. The molecule has 13 heavy (non-hydrogen) atoms. The Balaban J connectivity index is 2.30. The van der Waals surface area contributed by atoms with Crippen LogP contribution >= 0.6 is 0 Å². The lowest BCUT2D eigenvalue weighted by Crippen LogP contribution is -2.09. The molecular weight excluding hydrogens is 160 g/mol. The summed E-state index contributed by atoms with van der Waals surface area (Å²) >= 11 is 0. The molecule has 0 radical (unpaired) electrons. The lowest BCUT2D eigenvalue weighted by Gasteiger charge is -2.13. The minimum absolute atomic E-state index is 0.168. The van der Waals surface area contributed by atoms with Gasteiger partial charge < -0.3 is 0 Å². The van der Waals surface area contributed by atoms with Crippen molar-refractivity contribution in [2.24, 2.45) is 5.92 Å². The van der Waals surface area contributed by atoms with E-state index >= 15 is 0 Å². The van der Waals surface area contributed by atoms with Crippen LogP contribution in [0, 0.1) is 5.92 Å². The quantitative estimate of drug-likeness (QED) is 0.639. The minimum Gasteiger partial charge on any atom is -0.299 e. The number of hydrogen-bond acceptors (Lipinski definition) is 1. The topological polar surface area (TPSA) is 17.1 Å². The highest BCUT2D eigenvalue weighted by atomic mass is 16.1. The van der Waals surface area contributed by atoms with E-state index in [1.807, 2.05) is 18.2 Å². The molecule has 0 N–H and O–H groups in total. The van der Waals surface area contributed by atoms with E-state index in [1.54, 1.807) is 0 Å². The van der Waals surface area contributed by atoms with E-state index in [9.17, 15) is 4.79 Å². The summed E-state index contributed by atoms with van der Waals surface area (Å²) in [7, 11) is 0. The molecule has 1 aliphatic carbocycles. The molecule has 0 aromatic heterocycles. The van der Waals surface area contributed by atoms with Crippen LogP contribution in [-0.4, -0.2) is 5.78 Å². The highest BCUT2D eigenvalue weighted by Crippen LogP contribution is 2.36. The van der Waals surface area contributed by atoms with Crippen LogP contribution in [-0.2, 0) is 4.79 Å². The first-order valence-electron chi connectivity index (χ1n) is 4.86. The number of rotatable bonds is 1. The van der Waals surface area contributed by atoms with Gasteiger partial charge in [0.25, 0.3) is 0 Å². The molecule has 2 atom stereocenters. The van der Waals surface area contributed by atoms with Gasteiger partial charge in [-0.3, -0.25) is 4.79 Å². The molecule has 0 saturated heterocycles. The van der Waals surface area contributed by atoms with E-state index in [0.29, 0.717) is 11.7 Å². The summed E-state index contributed by atoms with van der Waals surface area (Å²) in [5.41, 5.74) is 1.19. The maximum absolute atomic E-state index is 11.6. The maximum Gasteiger partial charge on any atom is 0.140 e. The first-order valence-corrected chi connectivity index (χ1v) is 4.86. The van der Waals surface area contributed by atoms with Gasteiger partial charge in [0.1, 0.15) is 5.78 Å². The monoisotopic (exact) mass is 174 g/mol. The van der Waals surface area contributed by atoms with Crippen LogP contribution in [0.3, 0.4) is 0 Å². The van der Waals surface area contributed by atoms with Gasteiger partial charge in [0, 0.05) is 12.3 Å². The summed E-state index contributed by atoms with van der Waals surface area (Å²) in [6, 6.07) is 10.1. The molecule has 1 fully saturated rings. The van der Waals surface area contributed by atoms with Crippen LogP contribution in [0.1, 0.15) is 31.2 Å². The van der Waals surface area contributed by atoms with Crippen LogP contribution in [0.2, 0.25) is 0 Å². The Labute approximate surface area is 78.8 Å². The molecule has 0 unspecified atom stereocenters. The highest BCUT2D eigenvalue weighted by Gasteiger charge is 2.32. The van der Waals surface area contributed by atoms with Gasteiger partial charge in [0.15, 0.2) is 0 Å². The van der Waals surface area contributed by atoms with Crippen molar-refractivity contribution in [1.29, 1.82) is 0 Å². The van der Waals surface area contributed by atoms with Crippen molar-refractivity contribution in [3.63, 3.8) is 0 Å². The Morgan fingerprint density at radius 1 is 1.23 bits per heavy atom. The fourth-order valence-corrected chi connectivity index (χ4v) is 2.18. The predicted octanol–water partition coefficient (Wildman–Crippen LogP) is 2.77. The van der Waals surface area contributed by atoms with Crippen molar-refractivity contribution in [3.8, 4) is 0 Å². The molecule has 1 aliphatic rings. The number of Topliss-reactive ketones (excluding diaryl/α,β-unsaturated/α-hetero) is 1. The van der Waals surface area contributed by atoms with Crippen LogP contribution in [0.25, 0.3) is 0 Å². The number of ketones is 1. The van der Waals surface area contributed by atoms with Crippen molar-refractivity contribution in [3.05, 3.63) is 35.9 Å². The second-order valence-corrected chi connectivity index (χ2v) is 3.87. The maximum atomic E-state index is 11.6. The molecule has 0 heterocycles. The second-order valence-electron chi connectivity index (χ2n) is 3.87. The van der Waals surface area contributed by atoms with Crippen molar-refractivity contribution in [1.82, 2.24) is 0 Å². The van der Waals surface area contributed by atoms with Crippen molar-refractivity contribution in [2.45, 2.75) is 25.7 Å². The van der Waals surface area contributed by atoms with Gasteiger partial charge >= 0.3 is 0 Å². The first-order chi connectivity index (χ1) is 6.29. The predicted molar refractivity (Wildman–Crippen MR) is 52.6 cm³/mol. The smallest absolute Gasteiger partial charge is 0.140 e. The Bertz CT molecular complexity index is 302. The van der Waals surface area contributed by atoms with Gasteiger partial charge in [-0.25, -0.2) is 0 Å². The Kier molecular flexibility index (Phi) is 2.17. The van der Waals surface area contributed by atoms with Gasteiger partial charge in [-0.2, -0.15) is 0 Å². The Morgan fingerprint density at radius 3 is 2.46 bits per heavy atom. The number of carbonyl (C=O) groups excluding carboxylic acids is 1. The molecule has 2 rings (SSSR count). The lowest BCUT2D eigenvalue weighted by atomic mass is 9.90. The average molecular weight is 174 g/mol. The summed E-state index contributed by atoms with van der Waals surface area (Å²) < 4.78 is 0.